The Morgan fingerprint density at radius 2 is 1.75 bits per heavy atom. The van der Waals surface area contributed by atoms with Crippen LogP contribution in [-0.2, 0) is 9.47 Å². The fraction of sp³-hybridized carbons (Fsp3) is 0.778. The fourth-order valence-corrected chi connectivity index (χ4v) is 3.63. The predicted octanol–water partition coefficient (Wildman–Crippen LogP) is 4.47. The van der Waals surface area contributed by atoms with E-state index >= 15 is 0 Å². The first-order chi connectivity index (χ1) is 9.27. The van der Waals surface area contributed by atoms with Gasteiger partial charge in [-0.15, -0.1) is 0 Å². The van der Waals surface area contributed by atoms with Crippen LogP contribution >= 0.6 is 0 Å². The topological polar surface area (TPSA) is 18.5 Å². The molecule has 2 aliphatic carbocycles. The van der Waals surface area contributed by atoms with Crippen molar-refractivity contribution in [1.82, 2.24) is 0 Å². The Balaban J connectivity index is 1.77. The summed E-state index contributed by atoms with van der Waals surface area (Å²) in [4.78, 5) is 0. The molecule has 0 radical (unpaired) electrons. The average Bonchev–Trinajstić information content (AvgIpc) is 3.02. The molecule has 0 aromatic carbocycles. The Morgan fingerprint density at radius 3 is 2.25 bits per heavy atom. The Kier molecular flexibility index (Phi) is 3.19. The van der Waals surface area contributed by atoms with Gasteiger partial charge in [-0.3, -0.25) is 0 Å². The van der Waals surface area contributed by atoms with Gasteiger partial charge in [-0.05, 0) is 62.5 Å². The van der Waals surface area contributed by atoms with Gasteiger partial charge in [-0.25, -0.2) is 0 Å². The van der Waals surface area contributed by atoms with Crippen LogP contribution in [0.1, 0.15) is 53.9 Å². The largest absolute Gasteiger partial charge is 0.350 e. The second kappa shape index (κ2) is 4.45. The third-order valence-electron chi connectivity index (χ3n) is 5.38. The third kappa shape index (κ3) is 2.48. The first kappa shape index (κ1) is 14.3. The minimum Gasteiger partial charge on any atom is -0.350 e. The molecular weight excluding hydrogens is 248 g/mol. The van der Waals surface area contributed by atoms with Crippen LogP contribution in [0.2, 0.25) is 0 Å². The molecule has 2 heteroatoms. The first-order valence-corrected chi connectivity index (χ1v) is 7.91. The van der Waals surface area contributed by atoms with E-state index < -0.39 is 5.79 Å². The molecular formula is C18H28O2. The number of ether oxygens (including phenoxy) is 2. The molecule has 2 fully saturated rings. The summed E-state index contributed by atoms with van der Waals surface area (Å²) in [7, 11) is 0. The van der Waals surface area contributed by atoms with Gasteiger partial charge in [0.2, 0.25) is 0 Å². The lowest BCUT2D eigenvalue weighted by Gasteiger charge is -2.45. The van der Waals surface area contributed by atoms with Crippen molar-refractivity contribution in [2.24, 2.45) is 16.7 Å². The summed E-state index contributed by atoms with van der Waals surface area (Å²) in [5.74, 6) is 0.358. The summed E-state index contributed by atoms with van der Waals surface area (Å²) < 4.78 is 11.9. The highest BCUT2D eigenvalue weighted by molar-refractivity contribution is 5.41. The molecule has 0 amide bonds. The Labute approximate surface area is 123 Å². The fourth-order valence-electron chi connectivity index (χ4n) is 3.63. The summed E-state index contributed by atoms with van der Waals surface area (Å²) >= 11 is 0. The van der Waals surface area contributed by atoms with Crippen molar-refractivity contribution in [2.45, 2.75) is 59.7 Å². The van der Waals surface area contributed by atoms with E-state index in [1.54, 1.807) is 5.57 Å². The monoisotopic (exact) mass is 276 g/mol. The molecule has 3 aliphatic rings. The van der Waals surface area contributed by atoms with Crippen molar-refractivity contribution in [3.63, 3.8) is 0 Å². The number of hydrogen-bond donors (Lipinski definition) is 0. The normalized spacial score (nSPS) is 36.0. The quantitative estimate of drug-likeness (QED) is 0.703. The maximum Gasteiger partial charge on any atom is 0.162 e. The van der Waals surface area contributed by atoms with Crippen LogP contribution in [0.4, 0.5) is 0 Å². The van der Waals surface area contributed by atoms with E-state index in [1.165, 1.54) is 12.0 Å². The number of hydrogen-bond acceptors (Lipinski definition) is 2. The zero-order chi connectivity index (χ0) is 14.6. The Hall–Kier alpha value is -0.600. The molecule has 0 bridgehead atoms. The third-order valence-corrected chi connectivity index (χ3v) is 5.38. The molecule has 112 valence electrons. The minimum absolute atomic E-state index is 0.167. The van der Waals surface area contributed by atoms with Crippen molar-refractivity contribution >= 4 is 0 Å². The molecule has 1 saturated carbocycles. The molecule has 1 aliphatic heterocycles. The minimum atomic E-state index is -0.413. The predicted molar refractivity (Wildman–Crippen MR) is 81.4 cm³/mol. The van der Waals surface area contributed by atoms with Gasteiger partial charge < -0.3 is 9.47 Å². The van der Waals surface area contributed by atoms with E-state index in [4.69, 9.17) is 9.47 Å². The molecule has 1 heterocycles. The lowest BCUT2D eigenvalue weighted by Crippen LogP contribution is -2.47. The summed E-state index contributed by atoms with van der Waals surface area (Å²) in [6, 6.07) is 0. The van der Waals surface area contributed by atoms with E-state index in [9.17, 15) is 0 Å². The smallest absolute Gasteiger partial charge is 0.162 e. The van der Waals surface area contributed by atoms with Gasteiger partial charge in [-0.1, -0.05) is 26.0 Å². The lowest BCUT2D eigenvalue weighted by atomic mass is 9.71. The highest BCUT2D eigenvalue weighted by Crippen LogP contribution is 2.59. The van der Waals surface area contributed by atoms with E-state index in [1.807, 2.05) is 13.8 Å². The molecule has 2 nitrogen and oxygen atoms in total. The van der Waals surface area contributed by atoms with Gasteiger partial charge >= 0.3 is 0 Å². The maximum absolute atomic E-state index is 5.93. The van der Waals surface area contributed by atoms with Crippen LogP contribution < -0.4 is 0 Å². The summed E-state index contributed by atoms with van der Waals surface area (Å²) in [5, 5.41) is 0. The molecule has 0 aromatic heterocycles. The van der Waals surface area contributed by atoms with Crippen molar-refractivity contribution < 1.29 is 9.47 Å². The lowest BCUT2D eigenvalue weighted by molar-refractivity contribution is -0.285. The van der Waals surface area contributed by atoms with Crippen LogP contribution in [0, 0.1) is 16.7 Å². The van der Waals surface area contributed by atoms with E-state index in [2.05, 4.69) is 32.9 Å². The second-order valence-corrected chi connectivity index (χ2v) is 8.08. The van der Waals surface area contributed by atoms with Gasteiger partial charge in [0, 0.05) is 5.41 Å². The number of rotatable bonds is 1. The van der Waals surface area contributed by atoms with Crippen LogP contribution in [0.15, 0.2) is 23.3 Å². The van der Waals surface area contributed by atoms with Crippen molar-refractivity contribution in [3.05, 3.63) is 23.3 Å². The molecule has 0 aromatic rings. The van der Waals surface area contributed by atoms with Crippen LogP contribution in [0.3, 0.4) is 0 Å². The molecule has 1 atom stereocenters. The average molecular weight is 276 g/mol. The van der Waals surface area contributed by atoms with Crippen LogP contribution in [-0.4, -0.2) is 19.0 Å². The van der Waals surface area contributed by atoms with Crippen molar-refractivity contribution in [1.29, 1.82) is 0 Å². The Bertz CT molecular complexity index is 458. The van der Waals surface area contributed by atoms with Crippen LogP contribution in [0.5, 0.6) is 0 Å². The maximum atomic E-state index is 5.93. The molecule has 0 N–H and O–H groups in total. The van der Waals surface area contributed by atoms with Gasteiger partial charge in [-0.2, -0.15) is 0 Å². The van der Waals surface area contributed by atoms with Crippen LogP contribution in [0.25, 0.3) is 0 Å². The van der Waals surface area contributed by atoms with Gasteiger partial charge in [0.1, 0.15) is 0 Å². The second-order valence-electron chi connectivity index (χ2n) is 8.08. The summed E-state index contributed by atoms with van der Waals surface area (Å²) in [6.45, 7) is 12.6. The van der Waals surface area contributed by atoms with Gasteiger partial charge in [0.25, 0.3) is 0 Å². The number of allylic oxidation sites excluding steroid dienone is 4. The molecule has 20 heavy (non-hydrogen) atoms. The molecule has 1 unspecified atom stereocenters. The first-order valence-electron chi connectivity index (χ1n) is 7.91. The standard InChI is InChI=1S/C18H28O2/c1-6-13-9-18(11-19-17(4,5)20-12-18)8-7-14(13)15-10-16(15,2)3/h6-7,15H,8-12H2,1-5H3/b13-6+. The van der Waals surface area contributed by atoms with E-state index in [0.717, 1.165) is 32.0 Å². The molecule has 1 saturated heterocycles. The van der Waals surface area contributed by atoms with Crippen molar-refractivity contribution in [2.75, 3.05) is 13.2 Å². The van der Waals surface area contributed by atoms with E-state index in [0.29, 0.717) is 5.41 Å². The zero-order valence-electron chi connectivity index (χ0n) is 13.6. The SMILES string of the molecule is C/C=C1\CC2(CC=C1C1CC1(C)C)COC(C)(C)OC2. The molecule has 3 rings (SSSR count). The summed E-state index contributed by atoms with van der Waals surface area (Å²) in [5.41, 5.74) is 3.80. The highest BCUT2D eigenvalue weighted by atomic mass is 16.7. The summed E-state index contributed by atoms with van der Waals surface area (Å²) in [6.07, 6.45) is 8.33. The van der Waals surface area contributed by atoms with E-state index in [-0.39, 0.29) is 5.41 Å². The Morgan fingerprint density at radius 1 is 1.15 bits per heavy atom. The van der Waals surface area contributed by atoms with Crippen molar-refractivity contribution in [3.8, 4) is 0 Å². The molecule has 1 spiro atoms. The van der Waals surface area contributed by atoms with Gasteiger partial charge in [0.15, 0.2) is 5.79 Å². The highest BCUT2D eigenvalue weighted by Gasteiger charge is 2.51. The zero-order valence-corrected chi connectivity index (χ0v) is 13.6. The van der Waals surface area contributed by atoms with Gasteiger partial charge in [0.05, 0.1) is 13.2 Å².